The molecular formula is C15H23NO. The summed E-state index contributed by atoms with van der Waals surface area (Å²) in [6.45, 7) is 7.44. The third-order valence-corrected chi connectivity index (χ3v) is 3.57. The molecule has 17 heavy (non-hydrogen) atoms. The van der Waals surface area contributed by atoms with E-state index in [1.165, 1.54) is 16.8 Å². The molecule has 0 aliphatic carbocycles. The fourth-order valence-corrected chi connectivity index (χ4v) is 2.56. The largest absolute Gasteiger partial charge is 0.382 e. The van der Waals surface area contributed by atoms with Crippen molar-refractivity contribution in [2.45, 2.75) is 52.2 Å². The fourth-order valence-electron chi connectivity index (χ4n) is 2.56. The molecule has 0 aromatic heterocycles. The van der Waals surface area contributed by atoms with Gasteiger partial charge in [-0.3, -0.25) is 0 Å². The van der Waals surface area contributed by atoms with Crippen molar-refractivity contribution in [1.82, 2.24) is 0 Å². The van der Waals surface area contributed by atoms with Gasteiger partial charge in [0.25, 0.3) is 0 Å². The Kier molecular flexibility index (Phi) is 4.06. The van der Waals surface area contributed by atoms with E-state index in [2.05, 4.69) is 44.3 Å². The highest BCUT2D eigenvalue weighted by Crippen LogP contribution is 2.25. The zero-order valence-corrected chi connectivity index (χ0v) is 11.1. The maximum Gasteiger partial charge on any atom is 0.0566 e. The molecule has 0 spiro atoms. The minimum Gasteiger partial charge on any atom is -0.382 e. The van der Waals surface area contributed by atoms with Gasteiger partial charge in [-0.2, -0.15) is 0 Å². The van der Waals surface area contributed by atoms with Crippen molar-refractivity contribution >= 4 is 5.69 Å². The molecule has 2 unspecified atom stereocenters. The Bertz CT molecular complexity index is 375. The molecule has 2 rings (SSSR count). The average Bonchev–Trinajstić information content (AvgIpc) is 2.32. The highest BCUT2D eigenvalue weighted by atomic mass is 16.5. The number of para-hydroxylation sites is 1. The highest BCUT2D eigenvalue weighted by molar-refractivity contribution is 5.57. The van der Waals surface area contributed by atoms with Crippen LogP contribution < -0.4 is 5.32 Å². The van der Waals surface area contributed by atoms with E-state index >= 15 is 0 Å². The summed E-state index contributed by atoms with van der Waals surface area (Å²) in [6, 6.07) is 7.11. The summed E-state index contributed by atoms with van der Waals surface area (Å²) >= 11 is 0. The minimum absolute atomic E-state index is 0.385. The average molecular weight is 233 g/mol. The summed E-state index contributed by atoms with van der Waals surface area (Å²) in [5.74, 6) is 0. The third kappa shape index (κ3) is 3.01. The van der Waals surface area contributed by atoms with E-state index in [0.29, 0.717) is 12.1 Å². The predicted octanol–water partition coefficient (Wildman–Crippen LogP) is 3.54. The Labute approximate surface area is 104 Å². The smallest absolute Gasteiger partial charge is 0.0566 e. The van der Waals surface area contributed by atoms with Gasteiger partial charge < -0.3 is 10.1 Å². The molecule has 2 atom stereocenters. The van der Waals surface area contributed by atoms with Crippen molar-refractivity contribution in [3.05, 3.63) is 29.3 Å². The minimum atomic E-state index is 0.385. The van der Waals surface area contributed by atoms with Gasteiger partial charge in [0.15, 0.2) is 0 Å². The van der Waals surface area contributed by atoms with Crippen molar-refractivity contribution in [2.75, 3.05) is 11.9 Å². The summed E-state index contributed by atoms with van der Waals surface area (Å²) in [5, 5.41) is 3.72. The van der Waals surface area contributed by atoms with Crippen LogP contribution in [0.25, 0.3) is 0 Å². The van der Waals surface area contributed by atoms with Crippen LogP contribution >= 0.6 is 0 Å². The van der Waals surface area contributed by atoms with Crippen LogP contribution in [0.2, 0.25) is 0 Å². The molecule has 94 valence electrons. The lowest BCUT2D eigenvalue weighted by molar-refractivity contribution is 0.0232. The standard InChI is InChI=1S/C15H23NO/c1-4-13-7-5-6-11(2)15(13)16-14-8-9-17-12(3)10-14/h5-7,12,14,16H,4,8-10H2,1-3H3. The first-order valence-corrected chi connectivity index (χ1v) is 6.67. The lowest BCUT2D eigenvalue weighted by Crippen LogP contribution is -2.33. The van der Waals surface area contributed by atoms with Gasteiger partial charge in [0.05, 0.1) is 6.10 Å². The molecular weight excluding hydrogens is 210 g/mol. The van der Waals surface area contributed by atoms with E-state index < -0.39 is 0 Å². The van der Waals surface area contributed by atoms with Crippen LogP contribution in [0.15, 0.2) is 18.2 Å². The van der Waals surface area contributed by atoms with Crippen LogP contribution in [0.4, 0.5) is 5.69 Å². The van der Waals surface area contributed by atoms with Crippen molar-refractivity contribution in [2.24, 2.45) is 0 Å². The van der Waals surface area contributed by atoms with Crippen molar-refractivity contribution < 1.29 is 4.74 Å². The summed E-state index contributed by atoms with van der Waals surface area (Å²) in [5.41, 5.74) is 4.11. The molecule has 1 aliphatic heterocycles. The summed E-state index contributed by atoms with van der Waals surface area (Å²) in [4.78, 5) is 0. The van der Waals surface area contributed by atoms with E-state index in [1.54, 1.807) is 0 Å². The second kappa shape index (κ2) is 5.54. The Balaban J connectivity index is 2.12. The maximum atomic E-state index is 5.59. The Morgan fingerprint density at radius 2 is 2.24 bits per heavy atom. The molecule has 1 aliphatic rings. The molecule has 1 saturated heterocycles. The van der Waals surface area contributed by atoms with Crippen LogP contribution in [0.5, 0.6) is 0 Å². The highest BCUT2D eigenvalue weighted by Gasteiger charge is 2.20. The van der Waals surface area contributed by atoms with Gasteiger partial charge in [-0.25, -0.2) is 0 Å². The first kappa shape index (κ1) is 12.4. The zero-order chi connectivity index (χ0) is 12.3. The second-order valence-corrected chi connectivity index (χ2v) is 5.01. The Morgan fingerprint density at radius 1 is 1.41 bits per heavy atom. The zero-order valence-electron chi connectivity index (χ0n) is 11.1. The number of benzene rings is 1. The van der Waals surface area contributed by atoms with Crippen molar-refractivity contribution in [3.63, 3.8) is 0 Å². The number of rotatable bonds is 3. The fraction of sp³-hybridized carbons (Fsp3) is 0.600. The van der Waals surface area contributed by atoms with Gasteiger partial charge >= 0.3 is 0 Å². The summed E-state index contributed by atoms with van der Waals surface area (Å²) < 4.78 is 5.59. The predicted molar refractivity (Wildman–Crippen MR) is 72.6 cm³/mol. The molecule has 1 fully saturated rings. The lowest BCUT2D eigenvalue weighted by atomic mass is 10.0. The number of nitrogens with one attached hydrogen (secondary N) is 1. The number of ether oxygens (including phenoxy) is 1. The van der Waals surface area contributed by atoms with Crippen LogP contribution in [0.3, 0.4) is 0 Å². The first-order valence-electron chi connectivity index (χ1n) is 6.67. The van der Waals surface area contributed by atoms with Gasteiger partial charge in [0.2, 0.25) is 0 Å². The SMILES string of the molecule is CCc1cccc(C)c1NC1CCOC(C)C1. The van der Waals surface area contributed by atoms with Gasteiger partial charge in [-0.1, -0.05) is 25.1 Å². The molecule has 1 N–H and O–H groups in total. The van der Waals surface area contributed by atoms with Gasteiger partial charge in [0, 0.05) is 18.3 Å². The molecule has 0 amide bonds. The van der Waals surface area contributed by atoms with E-state index in [-0.39, 0.29) is 0 Å². The maximum absolute atomic E-state index is 5.59. The molecule has 1 heterocycles. The van der Waals surface area contributed by atoms with Crippen LogP contribution in [-0.2, 0) is 11.2 Å². The van der Waals surface area contributed by atoms with Crippen LogP contribution in [-0.4, -0.2) is 18.8 Å². The van der Waals surface area contributed by atoms with Crippen molar-refractivity contribution in [3.8, 4) is 0 Å². The van der Waals surface area contributed by atoms with Crippen LogP contribution in [0.1, 0.15) is 37.8 Å². The monoisotopic (exact) mass is 233 g/mol. The van der Waals surface area contributed by atoms with E-state index in [1.807, 2.05) is 0 Å². The van der Waals surface area contributed by atoms with Gasteiger partial charge in [-0.15, -0.1) is 0 Å². The quantitative estimate of drug-likeness (QED) is 0.862. The molecule has 1 aromatic rings. The molecule has 2 heteroatoms. The van der Waals surface area contributed by atoms with E-state index in [9.17, 15) is 0 Å². The van der Waals surface area contributed by atoms with Crippen molar-refractivity contribution in [1.29, 1.82) is 0 Å². The molecule has 0 radical (unpaired) electrons. The molecule has 0 saturated carbocycles. The topological polar surface area (TPSA) is 21.3 Å². The number of anilines is 1. The second-order valence-electron chi connectivity index (χ2n) is 5.01. The number of hydrogen-bond donors (Lipinski definition) is 1. The van der Waals surface area contributed by atoms with Gasteiger partial charge in [0.1, 0.15) is 0 Å². The van der Waals surface area contributed by atoms with Crippen LogP contribution in [0, 0.1) is 6.92 Å². The van der Waals surface area contributed by atoms with E-state index in [4.69, 9.17) is 4.74 Å². The third-order valence-electron chi connectivity index (χ3n) is 3.57. The Hall–Kier alpha value is -1.02. The number of hydrogen-bond acceptors (Lipinski definition) is 2. The summed E-state index contributed by atoms with van der Waals surface area (Å²) in [7, 11) is 0. The van der Waals surface area contributed by atoms with E-state index in [0.717, 1.165) is 25.9 Å². The van der Waals surface area contributed by atoms with Gasteiger partial charge in [-0.05, 0) is 44.2 Å². The summed E-state index contributed by atoms with van der Waals surface area (Å²) in [6.07, 6.45) is 3.69. The first-order chi connectivity index (χ1) is 8.20. The molecule has 1 aromatic carbocycles. The molecule has 0 bridgehead atoms. The Morgan fingerprint density at radius 3 is 2.94 bits per heavy atom. The molecule has 2 nitrogen and oxygen atoms in total. The normalized spacial score (nSPS) is 24.6. The number of aryl methyl sites for hydroxylation is 2. The lowest BCUT2D eigenvalue weighted by Gasteiger charge is -2.30.